The van der Waals surface area contributed by atoms with Crippen LogP contribution in [0.25, 0.3) is 0 Å². The van der Waals surface area contributed by atoms with Crippen molar-refractivity contribution in [2.24, 2.45) is 17.3 Å². The van der Waals surface area contributed by atoms with Gasteiger partial charge in [-0.1, -0.05) is 13.0 Å². The van der Waals surface area contributed by atoms with Crippen LogP contribution in [0.15, 0.2) is 23.5 Å². The van der Waals surface area contributed by atoms with Crippen molar-refractivity contribution in [3.05, 3.63) is 23.5 Å². The third kappa shape index (κ3) is 4.00. The first kappa shape index (κ1) is 19.4. The summed E-state index contributed by atoms with van der Waals surface area (Å²) in [6.07, 6.45) is 5.20. The Bertz CT molecular complexity index is 632. The Kier molecular flexibility index (Phi) is 5.83. The van der Waals surface area contributed by atoms with Crippen molar-refractivity contribution in [3.8, 4) is 0 Å². The van der Waals surface area contributed by atoms with Crippen molar-refractivity contribution in [2.45, 2.75) is 58.5 Å². The number of allylic oxidation sites excluding steroid dienone is 3. The SMILES string of the molecule is C/C(=C\C=C(/O)C(=O)O)C(=O)CC[C@@H]1C(=O)CC[C@]2(C)C(O)CC[C@@H]12. The summed E-state index contributed by atoms with van der Waals surface area (Å²) in [5, 5.41) is 28.0. The van der Waals surface area contributed by atoms with Gasteiger partial charge in [0.05, 0.1) is 6.10 Å². The molecule has 0 amide bonds. The Balaban J connectivity index is 2.01. The molecule has 25 heavy (non-hydrogen) atoms. The normalized spacial score (nSPS) is 33.2. The first-order valence-corrected chi connectivity index (χ1v) is 8.71. The summed E-state index contributed by atoms with van der Waals surface area (Å²) in [5.74, 6) is -2.36. The van der Waals surface area contributed by atoms with Crippen LogP contribution in [0.5, 0.6) is 0 Å². The molecule has 138 valence electrons. The zero-order valence-corrected chi connectivity index (χ0v) is 14.7. The largest absolute Gasteiger partial charge is 0.502 e. The highest BCUT2D eigenvalue weighted by atomic mass is 16.4. The molecule has 2 fully saturated rings. The Morgan fingerprint density at radius 2 is 1.92 bits per heavy atom. The van der Waals surface area contributed by atoms with Gasteiger partial charge in [-0.3, -0.25) is 9.59 Å². The lowest BCUT2D eigenvalue weighted by Gasteiger charge is -2.42. The molecule has 1 unspecified atom stereocenters. The average Bonchev–Trinajstić information content (AvgIpc) is 2.87. The first-order chi connectivity index (χ1) is 11.7. The molecule has 0 spiro atoms. The van der Waals surface area contributed by atoms with Gasteiger partial charge in [0.15, 0.2) is 5.78 Å². The molecule has 6 nitrogen and oxygen atoms in total. The number of fused-ring (bicyclic) bond motifs is 1. The second-order valence-corrected chi connectivity index (χ2v) is 7.45. The van der Waals surface area contributed by atoms with E-state index >= 15 is 0 Å². The molecular formula is C19H26O6. The maximum absolute atomic E-state index is 12.3. The third-order valence-electron chi connectivity index (χ3n) is 6.00. The second kappa shape index (κ2) is 7.52. The summed E-state index contributed by atoms with van der Waals surface area (Å²) in [6, 6.07) is 0. The van der Waals surface area contributed by atoms with Gasteiger partial charge in [-0.15, -0.1) is 0 Å². The van der Waals surface area contributed by atoms with Gasteiger partial charge in [0.25, 0.3) is 0 Å². The molecule has 2 aliphatic rings. The Hall–Kier alpha value is -1.95. The molecule has 3 N–H and O–H groups in total. The molecule has 0 aliphatic heterocycles. The van der Waals surface area contributed by atoms with Crippen molar-refractivity contribution in [2.75, 3.05) is 0 Å². The van der Waals surface area contributed by atoms with Crippen LogP contribution in [0.2, 0.25) is 0 Å². The lowest BCUT2D eigenvalue weighted by molar-refractivity contribution is -0.135. The van der Waals surface area contributed by atoms with E-state index in [2.05, 4.69) is 0 Å². The maximum Gasteiger partial charge on any atom is 0.370 e. The van der Waals surface area contributed by atoms with Crippen molar-refractivity contribution >= 4 is 17.5 Å². The second-order valence-electron chi connectivity index (χ2n) is 7.45. The number of hydrogen-bond donors (Lipinski definition) is 3. The molecule has 0 aromatic heterocycles. The number of carbonyl (C=O) groups is 3. The van der Waals surface area contributed by atoms with E-state index in [9.17, 15) is 19.5 Å². The predicted octanol–water partition coefficient (Wildman–Crippen LogP) is 2.56. The van der Waals surface area contributed by atoms with E-state index in [0.717, 1.165) is 12.5 Å². The summed E-state index contributed by atoms with van der Waals surface area (Å²) >= 11 is 0. The van der Waals surface area contributed by atoms with E-state index < -0.39 is 11.7 Å². The molecular weight excluding hydrogens is 324 g/mol. The number of hydrogen-bond acceptors (Lipinski definition) is 5. The molecule has 0 aromatic rings. The lowest BCUT2D eigenvalue weighted by Crippen LogP contribution is -2.43. The van der Waals surface area contributed by atoms with Crippen LogP contribution in [0.4, 0.5) is 0 Å². The van der Waals surface area contributed by atoms with Crippen LogP contribution in [0.3, 0.4) is 0 Å². The van der Waals surface area contributed by atoms with Gasteiger partial charge in [0, 0.05) is 18.8 Å². The number of Topliss-reactive ketones (excluding diaryl/α,β-unsaturated/α-hetero) is 2. The van der Waals surface area contributed by atoms with Gasteiger partial charge in [-0.05, 0) is 55.6 Å². The van der Waals surface area contributed by atoms with Gasteiger partial charge >= 0.3 is 5.97 Å². The van der Waals surface area contributed by atoms with Crippen LogP contribution >= 0.6 is 0 Å². The highest BCUT2D eigenvalue weighted by Gasteiger charge is 2.53. The van der Waals surface area contributed by atoms with Crippen LogP contribution in [-0.4, -0.2) is 39.0 Å². The van der Waals surface area contributed by atoms with E-state index in [4.69, 9.17) is 10.2 Å². The monoisotopic (exact) mass is 350 g/mol. The van der Waals surface area contributed by atoms with E-state index in [0.29, 0.717) is 31.3 Å². The number of aliphatic carboxylic acids is 1. The molecule has 0 radical (unpaired) electrons. The third-order valence-corrected chi connectivity index (χ3v) is 6.00. The number of rotatable bonds is 6. The van der Waals surface area contributed by atoms with Gasteiger partial charge in [-0.25, -0.2) is 4.79 Å². The molecule has 0 aromatic carbocycles. The minimum absolute atomic E-state index is 0.122. The van der Waals surface area contributed by atoms with E-state index in [-0.39, 0.29) is 41.3 Å². The number of carbonyl (C=O) groups excluding carboxylic acids is 2. The van der Waals surface area contributed by atoms with E-state index in [1.807, 2.05) is 6.92 Å². The molecule has 0 heterocycles. The summed E-state index contributed by atoms with van der Waals surface area (Å²) in [4.78, 5) is 35.1. The highest BCUT2D eigenvalue weighted by Crippen LogP contribution is 2.54. The summed E-state index contributed by atoms with van der Waals surface area (Å²) in [5.41, 5.74) is 0.105. The standard InChI is InChI=1S/C19H26O6/c1-11(3-6-16(22)18(24)25)14(20)7-4-12-13-5-8-17(23)19(13,2)10-9-15(12)21/h3,6,12-13,17,22-23H,4-5,7-10H2,1-2H3,(H,24,25)/b11-3+,16-6-/t12-,13-,17?,19-/m0/s1. The van der Waals surface area contributed by atoms with Gasteiger partial charge in [-0.2, -0.15) is 0 Å². The zero-order valence-electron chi connectivity index (χ0n) is 14.7. The quantitative estimate of drug-likeness (QED) is 0.386. The van der Waals surface area contributed by atoms with Crippen molar-refractivity contribution in [3.63, 3.8) is 0 Å². The fourth-order valence-corrected chi connectivity index (χ4v) is 4.27. The van der Waals surface area contributed by atoms with Crippen molar-refractivity contribution in [1.29, 1.82) is 0 Å². The lowest BCUT2D eigenvalue weighted by atomic mass is 9.62. The Morgan fingerprint density at radius 3 is 2.56 bits per heavy atom. The molecule has 0 bridgehead atoms. The highest BCUT2D eigenvalue weighted by molar-refractivity contribution is 5.95. The number of aliphatic hydroxyl groups excluding tert-OH is 2. The molecule has 0 saturated heterocycles. The van der Waals surface area contributed by atoms with Gasteiger partial charge < -0.3 is 15.3 Å². The van der Waals surface area contributed by atoms with Gasteiger partial charge in [0.2, 0.25) is 5.76 Å². The van der Waals surface area contributed by atoms with Crippen LogP contribution < -0.4 is 0 Å². The Morgan fingerprint density at radius 1 is 1.24 bits per heavy atom. The van der Waals surface area contributed by atoms with Crippen LogP contribution in [0.1, 0.15) is 52.4 Å². The Labute approximate surface area is 147 Å². The summed E-state index contributed by atoms with van der Waals surface area (Å²) in [6.45, 7) is 3.60. The van der Waals surface area contributed by atoms with Crippen LogP contribution in [0, 0.1) is 17.3 Å². The topological polar surface area (TPSA) is 112 Å². The molecule has 2 rings (SSSR count). The number of ketones is 2. The maximum atomic E-state index is 12.3. The van der Waals surface area contributed by atoms with E-state index in [1.54, 1.807) is 6.92 Å². The fraction of sp³-hybridized carbons (Fsp3) is 0.632. The molecule has 6 heteroatoms. The number of aliphatic hydroxyl groups is 2. The van der Waals surface area contributed by atoms with Gasteiger partial charge in [0.1, 0.15) is 5.78 Å². The first-order valence-electron chi connectivity index (χ1n) is 8.71. The predicted molar refractivity (Wildman–Crippen MR) is 90.9 cm³/mol. The summed E-state index contributed by atoms with van der Waals surface area (Å²) < 4.78 is 0. The minimum Gasteiger partial charge on any atom is -0.502 e. The van der Waals surface area contributed by atoms with Crippen LogP contribution in [-0.2, 0) is 14.4 Å². The number of carboxylic acids is 1. The fourth-order valence-electron chi connectivity index (χ4n) is 4.27. The molecule has 2 aliphatic carbocycles. The van der Waals surface area contributed by atoms with Crippen molar-refractivity contribution in [1.82, 2.24) is 0 Å². The van der Waals surface area contributed by atoms with E-state index in [1.165, 1.54) is 6.08 Å². The zero-order chi connectivity index (χ0) is 18.8. The summed E-state index contributed by atoms with van der Waals surface area (Å²) in [7, 11) is 0. The minimum atomic E-state index is -1.46. The smallest absolute Gasteiger partial charge is 0.370 e. The van der Waals surface area contributed by atoms with Crippen molar-refractivity contribution < 1.29 is 29.7 Å². The molecule has 2 saturated carbocycles. The molecule has 4 atom stereocenters. The average molecular weight is 350 g/mol. The number of carboxylic acid groups (broad SMARTS) is 1.